The Hall–Kier alpha value is -1.37. The fourth-order valence-corrected chi connectivity index (χ4v) is 1.37. The van der Waals surface area contributed by atoms with Crippen LogP contribution in [0.15, 0.2) is 4.79 Å². The van der Waals surface area contributed by atoms with E-state index in [9.17, 15) is 4.79 Å². The summed E-state index contributed by atoms with van der Waals surface area (Å²) in [5.41, 5.74) is 5.45. The molecule has 0 bridgehead atoms. The Kier molecular flexibility index (Phi) is 1.19. The molecule has 7 heteroatoms. The highest BCUT2D eigenvalue weighted by Gasteiger charge is 2.15. The maximum Gasteiger partial charge on any atom is 0.278 e. The summed E-state index contributed by atoms with van der Waals surface area (Å²) in [6, 6.07) is 0. The summed E-state index contributed by atoms with van der Waals surface area (Å²) in [6.07, 6.45) is 0. The van der Waals surface area contributed by atoms with Gasteiger partial charge in [-0.2, -0.15) is 4.98 Å². The number of hydrogen-bond donors (Lipinski definition) is 4. The monoisotopic (exact) mass is 171 g/mol. The molecular weight excluding hydrogens is 166 g/mol. The molecule has 0 saturated heterocycles. The van der Waals surface area contributed by atoms with Gasteiger partial charge in [0.15, 0.2) is 11.5 Å². The highest BCUT2D eigenvalue weighted by Crippen LogP contribution is 2.26. The Balaban J connectivity index is 2.70. The van der Waals surface area contributed by atoms with Crippen molar-refractivity contribution in [3.05, 3.63) is 10.4 Å². The second kappa shape index (κ2) is 2.06. The number of H-pyrrole nitrogens is 1. The van der Waals surface area contributed by atoms with Crippen LogP contribution in [-0.2, 0) is 0 Å². The van der Waals surface area contributed by atoms with E-state index in [2.05, 4.69) is 19.4 Å². The summed E-state index contributed by atoms with van der Waals surface area (Å²) in [5.74, 6) is 0.599. The molecule has 0 aromatic carbocycles. The third kappa shape index (κ3) is 0.891. The first kappa shape index (κ1) is 6.35. The van der Waals surface area contributed by atoms with Crippen LogP contribution in [0.4, 0.5) is 17.5 Å². The van der Waals surface area contributed by atoms with Gasteiger partial charge < -0.3 is 10.5 Å². The minimum absolute atomic E-state index is 0.116. The Morgan fingerprint density at radius 2 is 2.27 bits per heavy atom. The Morgan fingerprint density at radius 1 is 1.45 bits per heavy atom. The van der Waals surface area contributed by atoms with Crippen LogP contribution < -0.4 is 20.7 Å². The molecule has 0 spiro atoms. The maximum absolute atomic E-state index is 11.0. The van der Waals surface area contributed by atoms with Crippen molar-refractivity contribution in [2.75, 3.05) is 15.2 Å². The molecule has 6 nitrogen and oxygen atoms in total. The van der Waals surface area contributed by atoms with Crippen LogP contribution in [0.2, 0.25) is 0 Å². The molecule has 5 N–H and O–H groups in total. The standard InChI is InChI=1S/C4H5N5OS/c5-4-6-2-1(3(10)7-4)8-11-9-2/h8H,(H4,5,6,7,9,10). The van der Waals surface area contributed by atoms with Gasteiger partial charge >= 0.3 is 0 Å². The third-order valence-electron chi connectivity index (χ3n) is 1.24. The van der Waals surface area contributed by atoms with Gasteiger partial charge in [-0.3, -0.25) is 14.5 Å². The van der Waals surface area contributed by atoms with Gasteiger partial charge in [-0.25, -0.2) is 0 Å². The number of fused-ring (bicyclic) bond motifs is 1. The van der Waals surface area contributed by atoms with E-state index < -0.39 is 0 Å². The lowest BCUT2D eigenvalue weighted by Crippen LogP contribution is -2.12. The number of anilines is 3. The van der Waals surface area contributed by atoms with Gasteiger partial charge in [0.25, 0.3) is 5.56 Å². The lowest BCUT2D eigenvalue weighted by Gasteiger charge is -1.95. The molecule has 0 fully saturated rings. The normalized spacial score (nSPS) is 13.5. The number of aromatic nitrogens is 2. The molecule has 0 atom stereocenters. The molecule has 0 radical (unpaired) electrons. The summed E-state index contributed by atoms with van der Waals surface area (Å²) < 4.78 is 5.52. The lowest BCUT2D eigenvalue weighted by atomic mass is 10.5. The Morgan fingerprint density at radius 3 is 3.09 bits per heavy atom. The van der Waals surface area contributed by atoms with E-state index in [0.717, 1.165) is 0 Å². The van der Waals surface area contributed by atoms with Gasteiger partial charge in [0, 0.05) is 0 Å². The van der Waals surface area contributed by atoms with Crippen molar-refractivity contribution in [2.24, 2.45) is 0 Å². The van der Waals surface area contributed by atoms with Crippen molar-refractivity contribution < 1.29 is 0 Å². The Bertz CT molecular complexity index is 347. The lowest BCUT2D eigenvalue weighted by molar-refractivity contribution is 1.16. The molecule has 1 aromatic heterocycles. The van der Waals surface area contributed by atoms with E-state index in [0.29, 0.717) is 11.5 Å². The highest BCUT2D eigenvalue weighted by atomic mass is 32.2. The first-order valence-electron chi connectivity index (χ1n) is 2.85. The van der Waals surface area contributed by atoms with Crippen LogP contribution >= 0.6 is 12.1 Å². The van der Waals surface area contributed by atoms with E-state index in [4.69, 9.17) is 5.73 Å². The summed E-state index contributed by atoms with van der Waals surface area (Å²) in [5, 5.41) is 0. The van der Waals surface area contributed by atoms with Crippen molar-refractivity contribution in [3.63, 3.8) is 0 Å². The van der Waals surface area contributed by atoms with Crippen molar-refractivity contribution >= 4 is 29.6 Å². The fourth-order valence-electron chi connectivity index (χ4n) is 0.784. The maximum atomic E-state index is 11.0. The van der Waals surface area contributed by atoms with Gasteiger partial charge in [0.2, 0.25) is 5.95 Å². The number of nitrogens with one attached hydrogen (secondary N) is 3. The summed E-state index contributed by atoms with van der Waals surface area (Å²) in [4.78, 5) is 17.2. The number of nitrogens with zero attached hydrogens (tertiary/aromatic N) is 1. The predicted molar refractivity (Wildman–Crippen MR) is 44.1 cm³/mol. The van der Waals surface area contributed by atoms with E-state index in [-0.39, 0.29) is 11.5 Å². The van der Waals surface area contributed by atoms with Crippen LogP contribution in [0.3, 0.4) is 0 Å². The average Bonchev–Trinajstić information content (AvgIpc) is 2.34. The van der Waals surface area contributed by atoms with Crippen LogP contribution in [0.25, 0.3) is 0 Å². The second-order valence-corrected chi connectivity index (χ2v) is 2.59. The quantitative estimate of drug-likeness (QED) is 0.402. The minimum Gasteiger partial charge on any atom is -0.369 e. The van der Waals surface area contributed by atoms with E-state index >= 15 is 0 Å². The van der Waals surface area contributed by atoms with Gasteiger partial charge in [-0.05, 0) is 0 Å². The van der Waals surface area contributed by atoms with Crippen LogP contribution in [0, 0.1) is 0 Å². The molecule has 0 amide bonds. The zero-order valence-electron chi connectivity index (χ0n) is 5.34. The van der Waals surface area contributed by atoms with Crippen LogP contribution in [0.5, 0.6) is 0 Å². The summed E-state index contributed by atoms with van der Waals surface area (Å²) >= 11 is 1.19. The molecule has 58 valence electrons. The van der Waals surface area contributed by atoms with Crippen molar-refractivity contribution in [3.8, 4) is 0 Å². The number of rotatable bonds is 0. The van der Waals surface area contributed by atoms with Gasteiger partial charge in [-0.15, -0.1) is 0 Å². The SMILES string of the molecule is Nc1nc2c(c(=O)[nH]1)NSN2. The number of hydrogen-bond acceptors (Lipinski definition) is 6. The summed E-state index contributed by atoms with van der Waals surface area (Å²) in [7, 11) is 0. The molecule has 2 heterocycles. The molecule has 0 saturated carbocycles. The predicted octanol–water partition coefficient (Wildman–Crippen LogP) is -0.247. The minimum atomic E-state index is -0.259. The second-order valence-electron chi connectivity index (χ2n) is 1.98. The first-order chi connectivity index (χ1) is 5.27. The zero-order chi connectivity index (χ0) is 7.84. The van der Waals surface area contributed by atoms with Gasteiger partial charge in [-0.1, -0.05) is 0 Å². The topological polar surface area (TPSA) is 95.8 Å². The van der Waals surface area contributed by atoms with E-state index in [1.54, 1.807) is 0 Å². The molecule has 11 heavy (non-hydrogen) atoms. The molecule has 1 aliphatic rings. The zero-order valence-corrected chi connectivity index (χ0v) is 6.16. The Labute approximate surface area is 65.9 Å². The fraction of sp³-hybridized carbons (Fsp3) is 0. The largest absolute Gasteiger partial charge is 0.369 e. The highest BCUT2D eigenvalue weighted by molar-refractivity contribution is 8.02. The van der Waals surface area contributed by atoms with Crippen molar-refractivity contribution in [1.29, 1.82) is 0 Å². The summed E-state index contributed by atoms with van der Waals surface area (Å²) in [6.45, 7) is 0. The van der Waals surface area contributed by atoms with Gasteiger partial charge in [0.05, 0.1) is 12.1 Å². The van der Waals surface area contributed by atoms with Crippen molar-refractivity contribution in [1.82, 2.24) is 9.97 Å². The first-order valence-corrected chi connectivity index (χ1v) is 3.66. The van der Waals surface area contributed by atoms with E-state index in [1.807, 2.05) is 0 Å². The van der Waals surface area contributed by atoms with E-state index in [1.165, 1.54) is 12.1 Å². The molecule has 0 aliphatic carbocycles. The van der Waals surface area contributed by atoms with Crippen molar-refractivity contribution in [2.45, 2.75) is 0 Å². The molecule has 2 rings (SSSR count). The smallest absolute Gasteiger partial charge is 0.278 e. The molecule has 0 unspecified atom stereocenters. The molecular formula is C4H5N5OS. The average molecular weight is 171 g/mol. The number of nitrogen functional groups attached to an aromatic ring is 1. The number of nitrogens with two attached hydrogens (primary N) is 1. The molecule has 1 aromatic rings. The van der Waals surface area contributed by atoms with Gasteiger partial charge in [0.1, 0.15) is 0 Å². The van der Waals surface area contributed by atoms with Crippen LogP contribution in [-0.4, -0.2) is 9.97 Å². The number of aromatic amines is 1. The van der Waals surface area contributed by atoms with Crippen LogP contribution in [0.1, 0.15) is 0 Å². The molecule has 1 aliphatic heterocycles. The third-order valence-corrected chi connectivity index (χ3v) is 1.84.